The Morgan fingerprint density at radius 2 is 2.10 bits per heavy atom. The van der Waals surface area contributed by atoms with Crippen LogP contribution in [-0.2, 0) is 9.53 Å². The third-order valence-corrected chi connectivity index (χ3v) is 3.04. The van der Waals surface area contributed by atoms with Crippen LogP contribution in [0.5, 0.6) is 5.75 Å². The fourth-order valence-electron chi connectivity index (χ4n) is 2.20. The summed E-state index contributed by atoms with van der Waals surface area (Å²) in [5.74, 6) is -0.433. The van der Waals surface area contributed by atoms with E-state index in [1.807, 2.05) is 0 Å². The van der Waals surface area contributed by atoms with Crippen molar-refractivity contribution in [3.8, 4) is 5.75 Å². The van der Waals surface area contributed by atoms with Gasteiger partial charge < -0.3 is 20.5 Å². The lowest BCUT2D eigenvalue weighted by molar-refractivity contribution is -0.143. The number of urea groups is 1. The largest absolute Gasteiger partial charge is 0.508 e. The molecule has 1 aliphatic heterocycles. The number of esters is 1. The van der Waals surface area contributed by atoms with Gasteiger partial charge in [0, 0.05) is 5.70 Å². The monoisotopic (exact) mass is 290 g/mol. The minimum atomic E-state index is -0.655. The van der Waals surface area contributed by atoms with Gasteiger partial charge in [0.05, 0.1) is 17.7 Å². The second-order valence-electron chi connectivity index (χ2n) is 5.12. The molecule has 2 amide bonds. The van der Waals surface area contributed by atoms with E-state index in [2.05, 4.69) is 10.6 Å². The molecule has 6 nitrogen and oxygen atoms in total. The first-order valence-electron chi connectivity index (χ1n) is 6.66. The highest BCUT2D eigenvalue weighted by Gasteiger charge is 2.32. The van der Waals surface area contributed by atoms with Gasteiger partial charge >= 0.3 is 12.0 Å². The van der Waals surface area contributed by atoms with Crippen molar-refractivity contribution in [2.75, 3.05) is 0 Å². The number of allylic oxidation sites excluding steroid dienone is 1. The van der Waals surface area contributed by atoms with E-state index in [0.29, 0.717) is 16.8 Å². The number of amides is 2. The minimum Gasteiger partial charge on any atom is -0.508 e. The SMILES string of the molecule is CC1=C(C(=O)OC(C)C)C(c2cccc(O)c2)NC(=O)N1. The highest BCUT2D eigenvalue weighted by molar-refractivity contribution is 5.95. The molecule has 0 bridgehead atoms. The molecule has 21 heavy (non-hydrogen) atoms. The number of carbonyl (C=O) groups is 2. The van der Waals surface area contributed by atoms with E-state index in [1.165, 1.54) is 12.1 Å². The Labute approximate surface area is 122 Å². The van der Waals surface area contributed by atoms with E-state index in [9.17, 15) is 14.7 Å². The van der Waals surface area contributed by atoms with Crippen LogP contribution in [0.2, 0.25) is 0 Å². The van der Waals surface area contributed by atoms with Crippen LogP contribution in [0.15, 0.2) is 35.5 Å². The molecule has 0 radical (unpaired) electrons. The van der Waals surface area contributed by atoms with Crippen molar-refractivity contribution < 1.29 is 19.4 Å². The average molecular weight is 290 g/mol. The molecule has 3 N–H and O–H groups in total. The Hall–Kier alpha value is -2.50. The van der Waals surface area contributed by atoms with Crippen LogP contribution in [0.4, 0.5) is 4.79 Å². The average Bonchev–Trinajstić information content (AvgIpc) is 2.36. The van der Waals surface area contributed by atoms with Gasteiger partial charge in [0.2, 0.25) is 0 Å². The molecule has 0 aliphatic carbocycles. The Kier molecular flexibility index (Phi) is 4.16. The zero-order valence-electron chi connectivity index (χ0n) is 12.1. The number of phenols is 1. The maximum absolute atomic E-state index is 12.3. The molecular formula is C15H18N2O4. The van der Waals surface area contributed by atoms with Gasteiger partial charge in [-0.3, -0.25) is 0 Å². The van der Waals surface area contributed by atoms with Gasteiger partial charge in [-0.25, -0.2) is 9.59 Å². The quantitative estimate of drug-likeness (QED) is 0.743. The predicted molar refractivity (Wildman–Crippen MR) is 76.4 cm³/mol. The number of ether oxygens (including phenoxy) is 1. The molecule has 1 unspecified atom stereocenters. The van der Waals surface area contributed by atoms with E-state index in [1.54, 1.807) is 32.9 Å². The Morgan fingerprint density at radius 1 is 1.38 bits per heavy atom. The fourth-order valence-corrected chi connectivity index (χ4v) is 2.20. The van der Waals surface area contributed by atoms with Crippen molar-refractivity contribution in [2.45, 2.75) is 32.9 Å². The van der Waals surface area contributed by atoms with Gasteiger partial charge in [-0.2, -0.15) is 0 Å². The van der Waals surface area contributed by atoms with Crippen molar-refractivity contribution in [2.24, 2.45) is 0 Å². The maximum Gasteiger partial charge on any atom is 0.338 e. The Bertz CT molecular complexity index is 607. The van der Waals surface area contributed by atoms with Gasteiger partial charge in [-0.05, 0) is 38.5 Å². The van der Waals surface area contributed by atoms with E-state index >= 15 is 0 Å². The molecular weight excluding hydrogens is 272 g/mol. The van der Waals surface area contributed by atoms with Crippen LogP contribution in [0.3, 0.4) is 0 Å². The molecule has 0 saturated carbocycles. The molecule has 1 aliphatic rings. The molecule has 0 aromatic heterocycles. The highest BCUT2D eigenvalue weighted by Crippen LogP contribution is 2.29. The van der Waals surface area contributed by atoms with Crippen molar-refractivity contribution in [1.82, 2.24) is 10.6 Å². The summed E-state index contributed by atoms with van der Waals surface area (Å²) in [5, 5.41) is 14.8. The lowest BCUT2D eigenvalue weighted by Gasteiger charge is -2.28. The number of rotatable bonds is 3. The first-order valence-corrected chi connectivity index (χ1v) is 6.66. The number of phenolic OH excluding ortho intramolecular Hbond substituents is 1. The molecule has 0 saturated heterocycles. The molecule has 0 fully saturated rings. The smallest absolute Gasteiger partial charge is 0.338 e. The van der Waals surface area contributed by atoms with Crippen LogP contribution < -0.4 is 10.6 Å². The zero-order chi connectivity index (χ0) is 15.6. The molecule has 1 atom stereocenters. The van der Waals surface area contributed by atoms with E-state index in [4.69, 9.17) is 4.74 Å². The maximum atomic E-state index is 12.3. The second-order valence-corrected chi connectivity index (χ2v) is 5.12. The van der Waals surface area contributed by atoms with Crippen molar-refractivity contribution in [3.63, 3.8) is 0 Å². The number of hydrogen-bond donors (Lipinski definition) is 3. The fraction of sp³-hybridized carbons (Fsp3) is 0.333. The zero-order valence-corrected chi connectivity index (χ0v) is 12.1. The van der Waals surface area contributed by atoms with Crippen molar-refractivity contribution >= 4 is 12.0 Å². The highest BCUT2D eigenvalue weighted by atomic mass is 16.5. The van der Waals surface area contributed by atoms with Gasteiger partial charge in [0.25, 0.3) is 0 Å². The van der Waals surface area contributed by atoms with Crippen molar-refractivity contribution in [1.29, 1.82) is 0 Å². The summed E-state index contributed by atoms with van der Waals surface area (Å²) in [6.45, 7) is 5.16. The number of aromatic hydroxyl groups is 1. The lowest BCUT2D eigenvalue weighted by Crippen LogP contribution is -2.45. The van der Waals surface area contributed by atoms with E-state index in [-0.39, 0.29) is 11.9 Å². The Balaban J connectivity index is 2.43. The number of hydrogen-bond acceptors (Lipinski definition) is 4. The summed E-state index contributed by atoms with van der Waals surface area (Å²) in [6, 6.07) is 5.35. The summed E-state index contributed by atoms with van der Waals surface area (Å²) in [4.78, 5) is 23.9. The first-order chi connectivity index (χ1) is 9.88. The number of benzene rings is 1. The molecule has 6 heteroatoms. The third-order valence-electron chi connectivity index (χ3n) is 3.04. The Morgan fingerprint density at radius 3 is 2.71 bits per heavy atom. The third kappa shape index (κ3) is 3.34. The minimum absolute atomic E-state index is 0.0644. The molecule has 1 aromatic rings. The number of carbonyl (C=O) groups excluding carboxylic acids is 2. The topological polar surface area (TPSA) is 87.7 Å². The van der Waals surface area contributed by atoms with Gasteiger partial charge in [0.15, 0.2) is 0 Å². The van der Waals surface area contributed by atoms with Crippen LogP contribution in [0, 0.1) is 0 Å². The predicted octanol–water partition coefficient (Wildman–Crippen LogP) is 1.97. The van der Waals surface area contributed by atoms with Crippen LogP contribution in [-0.4, -0.2) is 23.2 Å². The van der Waals surface area contributed by atoms with Gasteiger partial charge in [-0.15, -0.1) is 0 Å². The standard InChI is InChI=1S/C15H18N2O4/c1-8(2)21-14(19)12-9(3)16-15(20)17-13(12)10-5-4-6-11(18)7-10/h4-8,13,18H,1-3H3,(H2,16,17,20). The van der Waals surface area contributed by atoms with Crippen LogP contribution in [0.1, 0.15) is 32.4 Å². The van der Waals surface area contributed by atoms with Crippen LogP contribution >= 0.6 is 0 Å². The van der Waals surface area contributed by atoms with Crippen LogP contribution in [0.25, 0.3) is 0 Å². The van der Waals surface area contributed by atoms with Gasteiger partial charge in [0.1, 0.15) is 5.75 Å². The van der Waals surface area contributed by atoms with E-state index < -0.39 is 18.0 Å². The molecule has 1 heterocycles. The first kappa shape index (κ1) is 14.9. The summed E-state index contributed by atoms with van der Waals surface area (Å²) in [5.41, 5.74) is 1.38. The lowest BCUT2D eigenvalue weighted by atomic mass is 9.95. The number of nitrogens with one attached hydrogen (secondary N) is 2. The molecule has 1 aromatic carbocycles. The molecule has 112 valence electrons. The van der Waals surface area contributed by atoms with Gasteiger partial charge in [-0.1, -0.05) is 12.1 Å². The second kappa shape index (κ2) is 5.87. The molecule has 0 spiro atoms. The summed E-state index contributed by atoms with van der Waals surface area (Å²) < 4.78 is 5.23. The normalized spacial score (nSPS) is 18.3. The molecule has 2 rings (SSSR count). The summed E-state index contributed by atoms with van der Waals surface area (Å²) >= 11 is 0. The summed E-state index contributed by atoms with van der Waals surface area (Å²) in [6.07, 6.45) is -0.264. The van der Waals surface area contributed by atoms with Crippen molar-refractivity contribution in [3.05, 3.63) is 41.1 Å². The summed E-state index contributed by atoms with van der Waals surface area (Å²) in [7, 11) is 0. The van der Waals surface area contributed by atoms with E-state index in [0.717, 1.165) is 0 Å².